The van der Waals surface area contributed by atoms with Gasteiger partial charge >= 0.3 is 0 Å². The van der Waals surface area contributed by atoms with Gasteiger partial charge in [-0.3, -0.25) is 10.1 Å². The first kappa shape index (κ1) is 12.9. The van der Waals surface area contributed by atoms with Crippen molar-refractivity contribution >= 4 is 17.1 Å². The number of hydrogen-bond donors (Lipinski definition) is 2. The van der Waals surface area contributed by atoms with Gasteiger partial charge in [0.15, 0.2) is 5.69 Å². The van der Waals surface area contributed by atoms with E-state index in [0.29, 0.717) is 18.7 Å². The minimum atomic E-state index is -0.511. The number of nitrogens with zero attached hydrogens (tertiary/aromatic N) is 2. The number of nitrogens with one attached hydrogen (secondary N) is 1. The van der Waals surface area contributed by atoms with Gasteiger partial charge in [-0.1, -0.05) is 6.07 Å². The molecule has 0 saturated carbocycles. The molecule has 0 fully saturated rings. The number of aliphatic hydroxyl groups is 1. The molecule has 0 bridgehead atoms. The Morgan fingerprint density at radius 3 is 2.82 bits per heavy atom. The average Bonchev–Trinajstić information content (AvgIpc) is 2.34. The predicted octanol–water partition coefficient (Wildman–Crippen LogP) is 2.33. The van der Waals surface area contributed by atoms with Crippen molar-refractivity contribution in [1.82, 2.24) is 0 Å². The molecule has 90 valence electrons. The molecule has 0 aliphatic heterocycles. The van der Waals surface area contributed by atoms with Crippen LogP contribution in [0.5, 0.6) is 0 Å². The van der Waals surface area contributed by atoms with Crippen LogP contribution in [0.4, 0.5) is 17.1 Å². The molecule has 6 heteroatoms. The van der Waals surface area contributed by atoms with Crippen LogP contribution in [-0.2, 0) is 0 Å². The normalized spacial score (nSPS) is 9.65. The second-order valence-corrected chi connectivity index (χ2v) is 3.43. The molecule has 2 N–H and O–H groups in total. The fraction of sp³-hybridized carbons (Fsp3) is 0.364. The topological polar surface area (TPSA) is 79.8 Å². The minimum absolute atomic E-state index is 0.0949. The quantitative estimate of drug-likeness (QED) is 0.343. The van der Waals surface area contributed by atoms with Crippen molar-refractivity contribution in [3.63, 3.8) is 0 Å². The zero-order chi connectivity index (χ0) is 12.7. The lowest BCUT2D eigenvalue weighted by atomic mass is 10.2. The summed E-state index contributed by atoms with van der Waals surface area (Å²) in [5, 5.41) is 22.3. The minimum Gasteiger partial charge on any atom is -0.396 e. The van der Waals surface area contributed by atoms with Crippen molar-refractivity contribution in [3.8, 4) is 0 Å². The zero-order valence-corrected chi connectivity index (χ0v) is 9.22. The highest BCUT2D eigenvalue weighted by Gasteiger charge is 2.13. The van der Waals surface area contributed by atoms with Crippen LogP contribution in [0.2, 0.25) is 0 Å². The summed E-state index contributed by atoms with van der Waals surface area (Å²) in [4.78, 5) is 13.4. The summed E-state index contributed by atoms with van der Waals surface area (Å²) in [5.41, 5.74) is 0.556. The maximum atomic E-state index is 10.8. The number of rotatable bonds is 6. The second-order valence-electron chi connectivity index (χ2n) is 3.43. The molecule has 0 heterocycles. The summed E-state index contributed by atoms with van der Waals surface area (Å²) in [5.74, 6) is 0. The molecule has 0 unspecified atom stereocenters. The van der Waals surface area contributed by atoms with Crippen molar-refractivity contribution in [2.24, 2.45) is 0 Å². The van der Waals surface area contributed by atoms with Crippen LogP contribution in [0.1, 0.15) is 12.8 Å². The van der Waals surface area contributed by atoms with Crippen LogP contribution in [0, 0.1) is 16.7 Å². The molecular weight excluding hydrogens is 222 g/mol. The summed E-state index contributed by atoms with van der Waals surface area (Å²) < 4.78 is 0. The Bertz CT molecular complexity index is 440. The van der Waals surface area contributed by atoms with E-state index < -0.39 is 4.92 Å². The molecule has 1 rings (SSSR count). The molecule has 1 aromatic carbocycles. The van der Waals surface area contributed by atoms with Gasteiger partial charge in [0.05, 0.1) is 11.5 Å². The van der Waals surface area contributed by atoms with Crippen LogP contribution >= 0.6 is 0 Å². The molecule has 6 nitrogen and oxygen atoms in total. The number of anilines is 1. The number of unbranched alkanes of at least 4 members (excludes halogenated alkanes) is 1. The smallest absolute Gasteiger partial charge is 0.282 e. The van der Waals surface area contributed by atoms with Gasteiger partial charge in [-0.25, -0.2) is 4.85 Å². The lowest BCUT2D eigenvalue weighted by molar-refractivity contribution is -0.383. The lowest BCUT2D eigenvalue weighted by Crippen LogP contribution is -2.04. The van der Waals surface area contributed by atoms with E-state index in [9.17, 15) is 10.1 Å². The van der Waals surface area contributed by atoms with E-state index in [-0.39, 0.29) is 18.0 Å². The third kappa shape index (κ3) is 3.74. The maximum Gasteiger partial charge on any atom is 0.282 e. The van der Waals surface area contributed by atoms with Crippen molar-refractivity contribution in [2.75, 3.05) is 18.5 Å². The number of aliphatic hydroxyl groups excluding tert-OH is 1. The summed E-state index contributed by atoms with van der Waals surface area (Å²) in [6.45, 7) is 7.46. The average molecular weight is 235 g/mol. The maximum absolute atomic E-state index is 10.8. The van der Waals surface area contributed by atoms with E-state index >= 15 is 0 Å². The highest BCUT2D eigenvalue weighted by atomic mass is 16.6. The zero-order valence-electron chi connectivity index (χ0n) is 9.22. The van der Waals surface area contributed by atoms with Gasteiger partial charge in [0, 0.05) is 19.2 Å². The Morgan fingerprint density at radius 2 is 2.24 bits per heavy atom. The summed E-state index contributed by atoms with van der Waals surface area (Å²) in [6.07, 6.45) is 1.39. The second kappa shape index (κ2) is 6.45. The number of nitro groups is 1. The first-order valence-electron chi connectivity index (χ1n) is 5.19. The van der Waals surface area contributed by atoms with Gasteiger partial charge in [-0.2, -0.15) is 0 Å². The fourth-order valence-corrected chi connectivity index (χ4v) is 1.35. The van der Waals surface area contributed by atoms with E-state index in [1.165, 1.54) is 18.2 Å². The Balaban J connectivity index is 2.77. The molecule has 0 aliphatic rings. The summed E-state index contributed by atoms with van der Waals surface area (Å²) >= 11 is 0. The molecular formula is C11H13N3O3. The Labute approximate surface area is 98.9 Å². The molecule has 0 radical (unpaired) electrons. The lowest BCUT2D eigenvalue weighted by Gasteiger charge is -2.06. The molecule has 0 atom stereocenters. The Kier molecular flexibility index (Phi) is 4.91. The van der Waals surface area contributed by atoms with Gasteiger partial charge in [0.1, 0.15) is 5.69 Å². The molecule has 0 saturated heterocycles. The van der Waals surface area contributed by atoms with Gasteiger partial charge in [-0.05, 0) is 18.9 Å². The summed E-state index contributed by atoms with van der Waals surface area (Å²) in [6, 6.07) is 4.32. The van der Waals surface area contributed by atoms with Gasteiger partial charge in [-0.15, -0.1) is 0 Å². The fourth-order valence-electron chi connectivity index (χ4n) is 1.35. The molecule has 0 spiro atoms. The first-order valence-corrected chi connectivity index (χ1v) is 5.19. The van der Waals surface area contributed by atoms with Crippen LogP contribution in [0.3, 0.4) is 0 Å². The van der Waals surface area contributed by atoms with Crippen LogP contribution in [0.25, 0.3) is 4.85 Å². The van der Waals surface area contributed by atoms with Crippen molar-refractivity contribution in [1.29, 1.82) is 0 Å². The summed E-state index contributed by atoms with van der Waals surface area (Å²) in [7, 11) is 0. The largest absolute Gasteiger partial charge is 0.396 e. The van der Waals surface area contributed by atoms with Crippen molar-refractivity contribution in [2.45, 2.75) is 12.8 Å². The van der Waals surface area contributed by atoms with E-state index in [2.05, 4.69) is 10.2 Å². The highest BCUT2D eigenvalue weighted by molar-refractivity contribution is 5.68. The van der Waals surface area contributed by atoms with Crippen LogP contribution in [0.15, 0.2) is 18.2 Å². The molecule has 0 aliphatic carbocycles. The Hall–Kier alpha value is -2.13. The van der Waals surface area contributed by atoms with Gasteiger partial charge < -0.3 is 10.4 Å². The third-order valence-corrected chi connectivity index (χ3v) is 2.21. The van der Waals surface area contributed by atoms with Gasteiger partial charge in [0.25, 0.3) is 5.69 Å². The number of hydrogen-bond acceptors (Lipinski definition) is 4. The van der Waals surface area contributed by atoms with Crippen LogP contribution < -0.4 is 5.32 Å². The van der Waals surface area contributed by atoms with Crippen molar-refractivity contribution < 1.29 is 10.0 Å². The van der Waals surface area contributed by atoms with E-state index in [4.69, 9.17) is 11.7 Å². The molecule has 17 heavy (non-hydrogen) atoms. The number of benzene rings is 1. The number of nitro benzene ring substituents is 1. The first-order chi connectivity index (χ1) is 8.19. The molecule has 0 amide bonds. The third-order valence-electron chi connectivity index (χ3n) is 2.21. The standard InChI is InChI=1S/C11H13N3O3/c1-12-9-4-5-10(11(8-9)14(16)17)13-6-2-3-7-15/h4-5,8,13,15H,2-3,6-7H2. The highest BCUT2D eigenvalue weighted by Crippen LogP contribution is 2.29. The van der Waals surface area contributed by atoms with E-state index in [0.717, 1.165) is 6.42 Å². The molecule has 1 aromatic rings. The van der Waals surface area contributed by atoms with Gasteiger partial charge in [0.2, 0.25) is 0 Å². The van der Waals surface area contributed by atoms with E-state index in [1.54, 1.807) is 0 Å². The van der Waals surface area contributed by atoms with E-state index in [1.807, 2.05) is 0 Å². The predicted molar refractivity (Wildman–Crippen MR) is 64.2 cm³/mol. The molecule has 0 aromatic heterocycles. The Morgan fingerprint density at radius 1 is 1.47 bits per heavy atom. The van der Waals surface area contributed by atoms with Crippen LogP contribution in [-0.4, -0.2) is 23.2 Å². The SMILES string of the molecule is [C-]#[N+]c1ccc(NCCCCO)c([N+](=O)[O-])c1. The monoisotopic (exact) mass is 235 g/mol. The van der Waals surface area contributed by atoms with Crippen molar-refractivity contribution in [3.05, 3.63) is 39.7 Å².